The van der Waals surface area contributed by atoms with Crippen LogP contribution in [0.3, 0.4) is 0 Å². The number of benzene rings is 1. The summed E-state index contributed by atoms with van der Waals surface area (Å²) in [6, 6.07) is 12.4. The van der Waals surface area contributed by atoms with Crippen molar-refractivity contribution in [3.63, 3.8) is 0 Å². The summed E-state index contributed by atoms with van der Waals surface area (Å²) >= 11 is 0. The quantitative estimate of drug-likeness (QED) is 0.548. The van der Waals surface area contributed by atoms with Gasteiger partial charge in [-0.15, -0.1) is 0 Å². The van der Waals surface area contributed by atoms with Crippen molar-refractivity contribution in [2.75, 3.05) is 26.2 Å². The summed E-state index contributed by atoms with van der Waals surface area (Å²) in [6.07, 6.45) is 8.21. The number of hydrogen-bond acceptors (Lipinski definition) is 5. The van der Waals surface area contributed by atoms with E-state index in [1.165, 1.54) is 11.1 Å². The van der Waals surface area contributed by atoms with E-state index < -0.39 is 0 Å². The van der Waals surface area contributed by atoms with E-state index >= 15 is 0 Å². The van der Waals surface area contributed by atoms with Gasteiger partial charge in [0, 0.05) is 69.0 Å². The molecule has 33 heavy (non-hydrogen) atoms. The Kier molecular flexibility index (Phi) is 7.45. The monoisotopic (exact) mass is 443 g/mol. The fourth-order valence-electron chi connectivity index (χ4n) is 4.50. The van der Waals surface area contributed by atoms with E-state index in [2.05, 4.69) is 64.9 Å². The Morgan fingerprint density at radius 1 is 1.03 bits per heavy atom. The van der Waals surface area contributed by atoms with Crippen LogP contribution in [0.4, 0.5) is 0 Å². The third kappa shape index (κ3) is 5.63. The number of carbonyl (C=O) groups is 1. The van der Waals surface area contributed by atoms with Gasteiger partial charge in [0.15, 0.2) is 0 Å². The maximum atomic E-state index is 13.4. The smallest absolute Gasteiger partial charge is 0.227 e. The van der Waals surface area contributed by atoms with Gasteiger partial charge >= 0.3 is 0 Å². The molecule has 1 amide bonds. The van der Waals surface area contributed by atoms with E-state index in [1.807, 2.05) is 41.8 Å². The molecule has 1 aliphatic rings. The second kappa shape index (κ2) is 10.7. The van der Waals surface area contributed by atoms with Gasteiger partial charge in [-0.05, 0) is 42.2 Å². The van der Waals surface area contributed by atoms with Crippen molar-refractivity contribution in [3.05, 3.63) is 78.1 Å². The second-order valence-corrected chi connectivity index (χ2v) is 9.05. The Hall–Kier alpha value is -3.12. The van der Waals surface area contributed by atoms with Gasteiger partial charge in [-0.25, -0.2) is 9.97 Å². The molecule has 6 nitrogen and oxygen atoms in total. The molecule has 1 saturated heterocycles. The molecule has 2 aromatic heterocycles. The highest BCUT2D eigenvalue weighted by Gasteiger charge is 2.30. The van der Waals surface area contributed by atoms with Crippen LogP contribution in [0.25, 0.3) is 11.1 Å². The molecule has 3 heterocycles. The van der Waals surface area contributed by atoms with Crippen molar-refractivity contribution >= 4 is 5.91 Å². The van der Waals surface area contributed by atoms with Crippen LogP contribution < -0.4 is 0 Å². The maximum absolute atomic E-state index is 13.4. The van der Waals surface area contributed by atoms with Crippen LogP contribution in [0.1, 0.15) is 43.6 Å². The van der Waals surface area contributed by atoms with Crippen LogP contribution in [-0.4, -0.2) is 56.8 Å². The minimum atomic E-state index is -0.0914. The first-order valence-corrected chi connectivity index (χ1v) is 11.9. The second-order valence-electron chi connectivity index (χ2n) is 9.05. The highest BCUT2D eigenvalue weighted by Crippen LogP contribution is 2.27. The lowest BCUT2D eigenvalue weighted by Crippen LogP contribution is -2.37. The predicted octanol–water partition coefficient (Wildman–Crippen LogP) is 4.19. The number of amides is 1. The van der Waals surface area contributed by atoms with Gasteiger partial charge in [-0.3, -0.25) is 14.7 Å². The first kappa shape index (κ1) is 23.1. The summed E-state index contributed by atoms with van der Waals surface area (Å²) in [4.78, 5) is 31.0. The Morgan fingerprint density at radius 2 is 1.76 bits per heavy atom. The number of aromatic nitrogens is 3. The first-order chi connectivity index (χ1) is 16.0. The summed E-state index contributed by atoms with van der Waals surface area (Å²) in [5.74, 6) is 1.34. The number of nitrogens with zero attached hydrogens (tertiary/aromatic N) is 5. The summed E-state index contributed by atoms with van der Waals surface area (Å²) in [5, 5.41) is 0. The molecular formula is C27H33N5O. The normalized spacial score (nSPS) is 17.4. The largest absolute Gasteiger partial charge is 0.341 e. The Labute approximate surface area is 196 Å². The van der Waals surface area contributed by atoms with Crippen molar-refractivity contribution in [1.29, 1.82) is 0 Å². The third-order valence-electron chi connectivity index (χ3n) is 6.33. The molecule has 172 valence electrons. The van der Waals surface area contributed by atoms with Gasteiger partial charge in [0.05, 0.1) is 5.92 Å². The van der Waals surface area contributed by atoms with Crippen LogP contribution in [0, 0.1) is 5.92 Å². The van der Waals surface area contributed by atoms with E-state index in [-0.39, 0.29) is 11.8 Å². The molecule has 3 aromatic rings. The zero-order chi connectivity index (χ0) is 23.2. The molecule has 0 bridgehead atoms. The van der Waals surface area contributed by atoms with Crippen molar-refractivity contribution < 1.29 is 4.79 Å². The minimum absolute atomic E-state index is 0.0914. The first-order valence-electron chi connectivity index (χ1n) is 11.9. The van der Waals surface area contributed by atoms with Crippen molar-refractivity contribution in [2.45, 2.75) is 39.7 Å². The summed E-state index contributed by atoms with van der Waals surface area (Å²) in [6.45, 7) is 10.1. The SMILES string of the molecule is CCN1CCN(Cc2cnc(C(C)C)nc2)C[C@@H](Cc2ccccc2-c2ccncc2)C1=O. The lowest BCUT2D eigenvalue weighted by atomic mass is 9.91. The van der Waals surface area contributed by atoms with E-state index in [0.717, 1.165) is 49.7 Å². The molecule has 1 atom stereocenters. The number of pyridine rings is 1. The van der Waals surface area contributed by atoms with Gasteiger partial charge in [0.2, 0.25) is 5.91 Å². The molecule has 6 heteroatoms. The van der Waals surface area contributed by atoms with Crippen LogP contribution in [-0.2, 0) is 17.8 Å². The van der Waals surface area contributed by atoms with E-state index in [9.17, 15) is 4.79 Å². The van der Waals surface area contributed by atoms with Crippen molar-refractivity contribution in [3.8, 4) is 11.1 Å². The molecule has 0 radical (unpaired) electrons. The fraction of sp³-hybridized carbons (Fsp3) is 0.407. The zero-order valence-electron chi connectivity index (χ0n) is 19.8. The van der Waals surface area contributed by atoms with E-state index in [0.29, 0.717) is 12.3 Å². The number of carbonyl (C=O) groups excluding carboxylic acids is 1. The Morgan fingerprint density at radius 3 is 2.45 bits per heavy atom. The van der Waals surface area contributed by atoms with Crippen molar-refractivity contribution in [1.82, 2.24) is 24.8 Å². The topological polar surface area (TPSA) is 62.2 Å². The molecule has 1 aromatic carbocycles. The molecule has 1 aliphatic heterocycles. The molecule has 4 rings (SSSR count). The van der Waals surface area contributed by atoms with E-state index in [1.54, 1.807) is 0 Å². The van der Waals surface area contributed by atoms with E-state index in [4.69, 9.17) is 0 Å². The molecule has 0 saturated carbocycles. The zero-order valence-corrected chi connectivity index (χ0v) is 19.8. The standard InChI is InChI=1S/C27H33N5O/c1-4-32-14-13-31(18-21-16-29-26(20(2)3)30-17-21)19-24(27(32)33)15-23-7-5-6-8-25(23)22-9-11-28-12-10-22/h5-12,16-17,20,24H,4,13-15,18-19H2,1-3H3/t24-/m1/s1. The lowest BCUT2D eigenvalue weighted by molar-refractivity contribution is -0.134. The Bertz CT molecular complexity index is 1050. The fourth-order valence-corrected chi connectivity index (χ4v) is 4.50. The highest BCUT2D eigenvalue weighted by molar-refractivity contribution is 5.80. The summed E-state index contributed by atoms with van der Waals surface area (Å²) in [7, 11) is 0. The average molecular weight is 444 g/mol. The van der Waals surface area contributed by atoms with Gasteiger partial charge < -0.3 is 4.90 Å². The number of rotatable bonds is 7. The molecule has 0 unspecified atom stereocenters. The van der Waals surface area contributed by atoms with Crippen LogP contribution in [0.15, 0.2) is 61.2 Å². The predicted molar refractivity (Wildman–Crippen MR) is 131 cm³/mol. The van der Waals surface area contributed by atoms with Gasteiger partial charge in [-0.1, -0.05) is 38.1 Å². The molecule has 1 fully saturated rings. The maximum Gasteiger partial charge on any atom is 0.227 e. The van der Waals surface area contributed by atoms with Gasteiger partial charge in [0.25, 0.3) is 0 Å². The van der Waals surface area contributed by atoms with Crippen molar-refractivity contribution in [2.24, 2.45) is 5.92 Å². The highest BCUT2D eigenvalue weighted by atomic mass is 16.2. The number of likely N-dealkylation sites (N-methyl/N-ethyl adjacent to an activating group) is 1. The van der Waals surface area contributed by atoms with Crippen LogP contribution in [0.5, 0.6) is 0 Å². The molecule has 0 aliphatic carbocycles. The lowest BCUT2D eigenvalue weighted by Gasteiger charge is -2.24. The van der Waals surface area contributed by atoms with Gasteiger partial charge in [-0.2, -0.15) is 0 Å². The van der Waals surface area contributed by atoms with Crippen LogP contribution in [0.2, 0.25) is 0 Å². The Balaban J connectivity index is 1.55. The summed E-state index contributed by atoms with van der Waals surface area (Å²) < 4.78 is 0. The minimum Gasteiger partial charge on any atom is -0.341 e. The van der Waals surface area contributed by atoms with Crippen LogP contribution >= 0.6 is 0 Å². The molecular weight excluding hydrogens is 410 g/mol. The number of hydrogen-bond donors (Lipinski definition) is 0. The third-order valence-corrected chi connectivity index (χ3v) is 6.33. The average Bonchev–Trinajstić information content (AvgIpc) is 2.98. The molecule has 0 N–H and O–H groups in total. The summed E-state index contributed by atoms with van der Waals surface area (Å²) in [5.41, 5.74) is 4.59. The molecule has 0 spiro atoms. The van der Waals surface area contributed by atoms with Gasteiger partial charge in [0.1, 0.15) is 5.82 Å².